The first-order valence-electron chi connectivity index (χ1n) is 7.16. The molecule has 1 saturated carbocycles. The van der Waals surface area contributed by atoms with Crippen molar-refractivity contribution in [3.8, 4) is 0 Å². The van der Waals surface area contributed by atoms with Crippen LogP contribution < -0.4 is 10.6 Å². The maximum absolute atomic E-state index is 5.10. The highest BCUT2D eigenvalue weighted by molar-refractivity contribution is 5.47. The number of methoxy groups -OCH3 is 1. The first-order chi connectivity index (χ1) is 9.31. The third-order valence-corrected chi connectivity index (χ3v) is 3.20. The van der Waals surface area contributed by atoms with Gasteiger partial charge >= 0.3 is 0 Å². The average Bonchev–Trinajstić information content (AvgIpc) is 3.19. The summed E-state index contributed by atoms with van der Waals surface area (Å²) >= 11 is 0. The third-order valence-electron chi connectivity index (χ3n) is 3.20. The Balaban J connectivity index is 1.88. The molecule has 0 radical (unpaired) electrons. The molecule has 2 rings (SSSR count). The largest absolute Gasteiger partial charge is 0.377 e. The Bertz CT molecular complexity index is 369. The van der Waals surface area contributed by atoms with Crippen LogP contribution in [0.15, 0.2) is 6.07 Å². The second-order valence-electron chi connectivity index (χ2n) is 5.03. The van der Waals surface area contributed by atoms with Crippen LogP contribution in [0.25, 0.3) is 0 Å². The summed E-state index contributed by atoms with van der Waals surface area (Å²) in [5.74, 6) is 3.45. The first kappa shape index (κ1) is 14.1. The topological polar surface area (TPSA) is 59.1 Å². The van der Waals surface area contributed by atoms with Crippen molar-refractivity contribution >= 4 is 11.6 Å². The van der Waals surface area contributed by atoms with Crippen LogP contribution in [0.1, 0.15) is 38.4 Å². The first-order valence-corrected chi connectivity index (χ1v) is 7.16. The lowest BCUT2D eigenvalue weighted by Gasteiger charge is -2.10. The Kier molecular flexibility index (Phi) is 5.39. The fraction of sp³-hybridized carbons (Fsp3) is 0.714. The van der Waals surface area contributed by atoms with Gasteiger partial charge in [0.05, 0.1) is 0 Å². The number of rotatable bonds is 9. The predicted octanol–water partition coefficient (Wildman–Crippen LogP) is 2.66. The molecule has 5 heteroatoms. The van der Waals surface area contributed by atoms with E-state index in [0.29, 0.717) is 12.4 Å². The van der Waals surface area contributed by atoms with Gasteiger partial charge < -0.3 is 15.4 Å². The quantitative estimate of drug-likeness (QED) is 0.671. The molecule has 0 aromatic carbocycles. The van der Waals surface area contributed by atoms with Crippen molar-refractivity contribution in [2.24, 2.45) is 5.92 Å². The van der Waals surface area contributed by atoms with Crippen molar-refractivity contribution < 1.29 is 4.74 Å². The molecule has 0 spiro atoms. The van der Waals surface area contributed by atoms with Gasteiger partial charge in [0.2, 0.25) is 0 Å². The Morgan fingerprint density at radius 1 is 1.26 bits per heavy atom. The Morgan fingerprint density at radius 2 is 2.00 bits per heavy atom. The van der Waals surface area contributed by atoms with Gasteiger partial charge in [0.25, 0.3) is 0 Å². The van der Waals surface area contributed by atoms with E-state index in [-0.39, 0.29) is 0 Å². The highest BCUT2D eigenvalue weighted by Gasteiger charge is 2.19. The number of anilines is 2. The number of nitrogens with zero attached hydrogens (tertiary/aromatic N) is 2. The molecular formula is C14H24N4O. The second kappa shape index (κ2) is 7.28. The molecule has 1 aromatic heterocycles. The molecular weight excluding hydrogens is 240 g/mol. The minimum absolute atomic E-state index is 0.440. The van der Waals surface area contributed by atoms with Crippen LogP contribution >= 0.6 is 0 Å². The zero-order valence-electron chi connectivity index (χ0n) is 11.9. The molecule has 1 aromatic rings. The van der Waals surface area contributed by atoms with Crippen molar-refractivity contribution in [1.82, 2.24) is 9.97 Å². The minimum Gasteiger partial charge on any atom is -0.377 e. The van der Waals surface area contributed by atoms with Gasteiger partial charge in [-0.05, 0) is 25.7 Å². The highest BCUT2D eigenvalue weighted by Crippen LogP contribution is 2.33. The van der Waals surface area contributed by atoms with Crippen molar-refractivity contribution in [2.45, 2.75) is 39.2 Å². The molecule has 0 atom stereocenters. The maximum Gasteiger partial charge on any atom is 0.158 e. The summed E-state index contributed by atoms with van der Waals surface area (Å²) in [6.45, 7) is 4.33. The summed E-state index contributed by atoms with van der Waals surface area (Å²) in [6, 6.07) is 1.96. The van der Waals surface area contributed by atoms with Gasteiger partial charge in [-0.3, -0.25) is 0 Å². The molecule has 1 heterocycles. The van der Waals surface area contributed by atoms with E-state index < -0.39 is 0 Å². The van der Waals surface area contributed by atoms with E-state index in [4.69, 9.17) is 4.74 Å². The zero-order chi connectivity index (χ0) is 13.5. The van der Waals surface area contributed by atoms with Crippen molar-refractivity contribution in [1.29, 1.82) is 0 Å². The van der Waals surface area contributed by atoms with E-state index in [1.165, 1.54) is 25.7 Å². The van der Waals surface area contributed by atoms with Crippen LogP contribution in [0.5, 0.6) is 0 Å². The number of hydrogen-bond acceptors (Lipinski definition) is 5. The number of ether oxygens (including phenoxy) is 1. The smallest absolute Gasteiger partial charge is 0.158 e. The normalized spacial score (nSPS) is 14.4. The van der Waals surface area contributed by atoms with Crippen LogP contribution in [0.3, 0.4) is 0 Å². The summed E-state index contributed by atoms with van der Waals surface area (Å²) in [4.78, 5) is 8.84. The molecule has 1 aliphatic rings. The van der Waals surface area contributed by atoms with Gasteiger partial charge in [-0.2, -0.15) is 0 Å². The zero-order valence-corrected chi connectivity index (χ0v) is 11.9. The van der Waals surface area contributed by atoms with Crippen LogP contribution in [0.4, 0.5) is 11.6 Å². The van der Waals surface area contributed by atoms with Crippen molar-refractivity contribution in [3.63, 3.8) is 0 Å². The summed E-state index contributed by atoms with van der Waals surface area (Å²) in [6.07, 6.45) is 5.40. The fourth-order valence-electron chi connectivity index (χ4n) is 2.07. The standard InChI is InChI=1S/C14H24N4O/c1-3-15-12-9-13(18-14(17-12)10-19-2)16-8-4-5-11-6-7-11/h9,11H,3-8,10H2,1-2H3,(H2,15,16,17,18). The van der Waals surface area contributed by atoms with Gasteiger partial charge in [0.1, 0.15) is 18.2 Å². The van der Waals surface area contributed by atoms with Crippen LogP contribution in [-0.4, -0.2) is 30.2 Å². The lowest BCUT2D eigenvalue weighted by atomic mass is 10.2. The molecule has 5 nitrogen and oxygen atoms in total. The number of aromatic nitrogens is 2. The fourth-order valence-corrected chi connectivity index (χ4v) is 2.07. The van der Waals surface area contributed by atoms with Crippen LogP contribution in [0.2, 0.25) is 0 Å². The van der Waals surface area contributed by atoms with Gasteiger partial charge in [-0.15, -0.1) is 0 Å². The van der Waals surface area contributed by atoms with E-state index >= 15 is 0 Å². The van der Waals surface area contributed by atoms with E-state index in [1.54, 1.807) is 7.11 Å². The van der Waals surface area contributed by atoms with E-state index in [2.05, 4.69) is 27.5 Å². The molecule has 0 bridgehead atoms. The number of hydrogen-bond donors (Lipinski definition) is 2. The van der Waals surface area contributed by atoms with Gasteiger partial charge in [0, 0.05) is 26.3 Å². The predicted molar refractivity (Wildman–Crippen MR) is 77.4 cm³/mol. The molecule has 0 amide bonds. The maximum atomic E-state index is 5.10. The lowest BCUT2D eigenvalue weighted by Crippen LogP contribution is -2.09. The molecule has 19 heavy (non-hydrogen) atoms. The number of nitrogens with one attached hydrogen (secondary N) is 2. The molecule has 1 fully saturated rings. The van der Waals surface area contributed by atoms with Crippen molar-refractivity contribution in [2.75, 3.05) is 30.8 Å². The molecule has 0 aliphatic heterocycles. The molecule has 2 N–H and O–H groups in total. The van der Waals surface area contributed by atoms with E-state index in [0.717, 1.165) is 30.6 Å². The Morgan fingerprint density at radius 3 is 2.63 bits per heavy atom. The highest BCUT2D eigenvalue weighted by atomic mass is 16.5. The van der Waals surface area contributed by atoms with Gasteiger partial charge in [0.15, 0.2) is 5.82 Å². The third kappa shape index (κ3) is 5.03. The molecule has 0 unspecified atom stereocenters. The monoisotopic (exact) mass is 264 g/mol. The minimum atomic E-state index is 0.440. The van der Waals surface area contributed by atoms with E-state index in [9.17, 15) is 0 Å². The molecule has 106 valence electrons. The van der Waals surface area contributed by atoms with Gasteiger partial charge in [-0.25, -0.2) is 9.97 Å². The van der Waals surface area contributed by atoms with Crippen LogP contribution in [-0.2, 0) is 11.3 Å². The summed E-state index contributed by atoms with van der Waals surface area (Å²) < 4.78 is 5.10. The Labute approximate surface area is 115 Å². The summed E-state index contributed by atoms with van der Waals surface area (Å²) in [7, 11) is 1.66. The molecule has 1 aliphatic carbocycles. The lowest BCUT2D eigenvalue weighted by molar-refractivity contribution is 0.178. The van der Waals surface area contributed by atoms with Crippen LogP contribution in [0, 0.1) is 5.92 Å². The Hall–Kier alpha value is -1.36. The second-order valence-corrected chi connectivity index (χ2v) is 5.03. The molecule has 0 saturated heterocycles. The SMILES string of the molecule is CCNc1cc(NCCCC2CC2)nc(COC)n1. The summed E-state index contributed by atoms with van der Waals surface area (Å²) in [5.41, 5.74) is 0. The van der Waals surface area contributed by atoms with Gasteiger partial charge in [-0.1, -0.05) is 12.8 Å². The van der Waals surface area contributed by atoms with Crippen molar-refractivity contribution in [3.05, 3.63) is 11.9 Å². The average molecular weight is 264 g/mol. The van der Waals surface area contributed by atoms with E-state index in [1.807, 2.05) is 6.07 Å². The summed E-state index contributed by atoms with van der Waals surface area (Å²) in [5, 5.41) is 6.60.